The number of pyridine rings is 1. The van der Waals surface area contributed by atoms with E-state index in [1.807, 2.05) is 12.1 Å². The van der Waals surface area contributed by atoms with Crippen LogP contribution in [-0.2, 0) is 0 Å². The van der Waals surface area contributed by atoms with Gasteiger partial charge in [0.05, 0.1) is 0 Å². The first-order valence-electron chi connectivity index (χ1n) is 11.2. The van der Waals surface area contributed by atoms with Gasteiger partial charge in [-0.1, -0.05) is 19.9 Å². The maximum atomic E-state index is 13.0. The lowest BCUT2D eigenvalue weighted by molar-refractivity contribution is -0.103. The average Bonchev–Trinajstić information content (AvgIpc) is 3.37. The predicted molar refractivity (Wildman–Crippen MR) is 114 cm³/mol. The van der Waals surface area contributed by atoms with Crippen LogP contribution in [0.1, 0.15) is 60.5 Å². The zero-order valence-corrected chi connectivity index (χ0v) is 17.8. The van der Waals surface area contributed by atoms with E-state index < -0.39 is 0 Å². The van der Waals surface area contributed by atoms with Gasteiger partial charge in [-0.15, -0.1) is 0 Å². The largest absolute Gasteiger partial charge is 0.350 e. The average molecular weight is 410 g/mol. The highest BCUT2D eigenvalue weighted by Gasteiger charge is 2.53. The molecule has 4 aliphatic rings. The van der Waals surface area contributed by atoms with Gasteiger partial charge in [0.1, 0.15) is 17.0 Å². The van der Waals surface area contributed by atoms with Crippen molar-refractivity contribution in [3.63, 3.8) is 0 Å². The fourth-order valence-electron chi connectivity index (χ4n) is 5.95. The Morgan fingerprint density at radius 2 is 2.10 bits per heavy atom. The lowest BCUT2D eigenvalue weighted by atomic mass is 9.45. The Kier molecular flexibility index (Phi) is 4.61. The van der Waals surface area contributed by atoms with Crippen LogP contribution in [0.2, 0.25) is 0 Å². The summed E-state index contributed by atoms with van der Waals surface area (Å²) < 4.78 is 1.72. The fraction of sp³-hybridized carbons (Fsp3) is 0.609. The molecule has 4 fully saturated rings. The number of aromatic nitrogens is 2. The molecule has 2 bridgehead atoms. The van der Waals surface area contributed by atoms with Crippen molar-refractivity contribution in [3.05, 3.63) is 35.8 Å². The van der Waals surface area contributed by atoms with Crippen LogP contribution < -0.4 is 11.1 Å². The van der Waals surface area contributed by atoms with Crippen molar-refractivity contribution in [2.45, 2.75) is 45.6 Å². The number of hydrogen-bond acceptors (Lipinski definition) is 4. The molecule has 160 valence electrons. The van der Waals surface area contributed by atoms with E-state index in [1.54, 1.807) is 21.6 Å². The highest BCUT2D eigenvalue weighted by Crippen LogP contribution is 2.61. The molecule has 1 saturated heterocycles. The second-order valence-electron chi connectivity index (χ2n) is 9.97. The highest BCUT2D eigenvalue weighted by atomic mass is 16.2. The summed E-state index contributed by atoms with van der Waals surface area (Å²) in [5.74, 6) is 1.88. The summed E-state index contributed by atoms with van der Waals surface area (Å²) in [6, 6.07) is 5.45. The standard InChI is InChI=1S/C23H31N5O2/c1-23(2)15-7-6-14(17(23)10-15)11-25-21(29)19-4-3-5-20-26-18(13-28(19)20)22(30)27-9-8-16(24)12-27/h3-5,13-17H,6-12,24H2,1-2H3,(H,25,29)/t14-,15-,16?,17-/m0/s1. The second kappa shape index (κ2) is 7.08. The Morgan fingerprint density at radius 1 is 1.27 bits per heavy atom. The molecule has 3 aliphatic carbocycles. The number of nitrogens with zero attached hydrogens (tertiary/aromatic N) is 3. The first-order chi connectivity index (χ1) is 14.3. The Hall–Kier alpha value is -2.41. The van der Waals surface area contributed by atoms with Gasteiger partial charge in [0, 0.05) is 31.9 Å². The monoisotopic (exact) mass is 409 g/mol. The molecule has 1 unspecified atom stereocenters. The highest BCUT2D eigenvalue weighted by molar-refractivity contribution is 5.95. The van der Waals surface area contributed by atoms with Crippen LogP contribution >= 0.6 is 0 Å². The zero-order chi connectivity index (χ0) is 21.0. The van der Waals surface area contributed by atoms with E-state index in [2.05, 4.69) is 24.1 Å². The molecule has 3 saturated carbocycles. The third-order valence-electron chi connectivity index (χ3n) is 7.98. The first-order valence-corrected chi connectivity index (χ1v) is 11.2. The predicted octanol–water partition coefficient (Wildman–Crippen LogP) is 2.31. The van der Waals surface area contributed by atoms with Gasteiger partial charge in [0.25, 0.3) is 11.8 Å². The minimum atomic E-state index is -0.123. The molecule has 2 aromatic rings. The molecule has 4 atom stereocenters. The molecule has 0 aromatic carbocycles. The van der Waals surface area contributed by atoms with Crippen LogP contribution in [0.3, 0.4) is 0 Å². The van der Waals surface area contributed by atoms with Crippen LogP contribution in [0.4, 0.5) is 0 Å². The Labute approximate surface area is 177 Å². The van der Waals surface area contributed by atoms with Gasteiger partial charge in [-0.2, -0.15) is 0 Å². The number of rotatable bonds is 4. The van der Waals surface area contributed by atoms with Crippen molar-refractivity contribution < 1.29 is 9.59 Å². The third-order valence-corrected chi connectivity index (χ3v) is 7.98. The van der Waals surface area contributed by atoms with Gasteiger partial charge >= 0.3 is 0 Å². The molecule has 6 rings (SSSR count). The number of carbonyl (C=O) groups is 2. The molecule has 2 aromatic heterocycles. The molecule has 7 nitrogen and oxygen atoms in total. The molecule has 0 spiro atoms. The number of fused-ring (bicyclic) bond motifs is 3. The molecule has 0 radical (unpaired) electrons. The maximum Gasteiger partial charge on any atom is 0.274 e. The summed E-state index contributed by atoms with van der Waals surface area (Å²) in [5, 5.41) is 3.15. The van der Waals surface area contributed by atoms with E-state index in [9.17, 15) is 9.59 Å². The normalized spacial score (nSPS) is 29.6. The lowest BCUT2D eigenvalue weighted by Crippen LogP contribution is -2.54. The number of nitrogens with two attached hydrogens (primary N) is 1. The van der Waals surface area contributed by atoms with Gasteiger partial charge in [-0.3, -0.25) is 14.0 Å². The Balaban J connectivity index is 1.31. The quantitative estimate of drug-likeness (QED) is 0.810. The van der Waals surface area contributed by atoms with Gasteiger partial charge in [0.15, 0.2) is 0 Å². The van der Waals surface area contributed by atoms with Gasteiger partial charge in [0.2, 0.25) is 0 Å². The van der Waals surface area contributed by atoms with E-state index in [0.29, 0.717) is 53.9 Å². The number of likely N-dealkylation sites (tertiary alicyclic amines) is 1. The van der Waals surface area contributed by atoms with Crippen LogP contribution in [0.25, 0.3) is 5.65 Å². The van der Waals surface area contributed by atoms with Crippen molar-refractivity contribution >= 4 is 17.5 Å². The van der Waals surface area contributed by atoms with Crippen molar-refractivity contribution in [1.29, 1.82) is 0 Å². The molecule has 7 heteroatoms. The fourth-order valence-corrected chi connectivity index (χ4v) is 5.95. The first kappa shape index (κ1) is 19.5. The minimum absolute atomic E-state index is 0.0306. The smallest absolute Gasteiger partial charge is 0.274 e. The number of amides is 2. The molecule has 2 amide bonds. The summed E-state index contributed by atoms with van der Waals surface area (Å²) in [5.41, 5.74) is 7.82. The van der Waals surface area contributed by atoms with Gasteiger partial charge < -0.3 is 16.0 Å². The van der Waals surface area contributed by atoms with Crippen molar-refractivity contribution in [2.75, 3.05) is 19.6 Å². The second-order valence-corrected chi connectivity index (χ2v) is 9.97. The van der Waals surface area contributed by atoms with Crippen molar-refractivity contribution in [3.8, 4) is 0 Å². The molecule has 3 N–H and O–H groups in total. The number of imidazole rings is 1. The van der Waals surface area contributed by atoms with Crippen LogP contribution in [0.5, 0.6) is 0 Å². The van der Waals surface area contributed by atoms with Crippen molar-refractivity contribution in [2.24, 2.45) is 28.9 Å². The molecule has 3 heterocycles. The van der Waals surface area contributed by atoms with Crippen molar-refractivity contribution in [1.82, 2.24) is 19.6 Å². The van der Waals surface area contributed by atoms with Crippen LogP contribution in [-0.4, -0.2) is 51.8 Å². The number of carbonyl (C=O) groups excluding carboxylic acids is 2. The Morgan fingerprint density at radius 3 is 2.80 bits per heavy atom. The maximum absolute atomic E-state index is 13.0. The molecule has 1 aliphatic heterocycles. The topological polar surface area (TPSA) is 92.7 Å². The van der Waals surface area contributed by atoms with Gasteiger partial charge in [-0.25, -0.2) is 4.98 Å². The van der Waals surface area contributed by atoms with E-state index in [1.165, 1.54) is 19.3 Å². The molecular formula is C23H31N5O2. The summed E-state index contributed by atoms with van der Waals surface area (Å²) in [6.45, 7) is 6.67. The SMILES string of the molecule is CC1(C)[C@H]2CC[C@@H](CNC(=O)c3cccc4nc(C(=O)N5CCC(N)C5)cn34)[C@@H]1C2. The van der Waals surface area contributed by atoms with E-state index >= 15 is 0 Å². The summed E-state index contributed by atoms with van der Waals surface area (Å²) >= 11 is 0. The number of hydrogen-bond donors (Lipinski definition) is 2. The lowest BCUT2D eigenvalue weighted by Gasteiger charge is -2.60. The zero-order valence-electron chi connectivity index (χ0n) is 17.8. The molecular weight excluding hydrogens is 378 g/mol. The Bertz CT molecular complexity index is 995. The summed E-state index contributed by atoms with van der Waals surface area (Å²) in [7, 11) is 0. The van der Waals surface area contributed by atoms with Crippen LogP contribution in [0, 0.1) is 23.2 Å². The summed E-state index contributed by atoms with van der Waals surface area (Å²) in [4.78, 5) is 32.0. The third kappa shape index (κ3) is 3.11. The van der Waals surface area contributed by atoms with E-state index in [-0.39, 0.29) is 17.9 Å². The summed E-state index contributed by atoms with van der Waals surface area (Å²) in [6.07, 6.45) is 6.26. The van der Waals surface area contributed by atoms with Gasteiger partial charge in [-0.05, 0) is 61.0 Å². The minimum Gasteiger partial charge on any atom is -0.350 e. The number of nitrogens with one attached hydrogen (secondary N) is 1. The van der Waals surface area contributed by atoms with E-state index in [0.717, 1.165) is 12.3 Å². The van der Waals surface area contributed by atoms with Crippen LogP contribution in [0.15, 0.2) is 24.4 Å². The van der Waals surface area contributed by atoms with E-state index in [4.69, 9.17) is 5.73 Å². The molecule has 30 heavy (non-hydrogen) atoms.